The number of aliphatic carboxylic acids is 1. The van der Waals surface area contributed by atoms with Crippen LogP contribution in [0.3, 0.4) is 0 Å². The quantitative estimate of drug-likeness (QED) is 0.0433. The second-order valence-corrected chi connectivity index (χ2v) is 11.8. The van der Waals surface area contributed by atoms with E-state index >= 15 is 0 Å². The Labute approximate surface area is 310 Å². The van der Waals surface area contributed by atoms with Gasteiger partial charge in [-0.2, -0.15) is 0 Å². The normalized spacial score (nSPS) is 13.8. The number of carboxylic acids is 1. The van der Waals surface area contributed by atoms with Gasteiger partial charge in [0, 0.05) is 38.1 Å². The molecule has 5 amide bonds. The first-order valence-electron chi connectivity index (χ1n) is 17.8. The standard InChI is InChI=1S/C34H58N4O15/c1-26(2)32(33(43)36-27(3)34(44)45)37-29(40)7-10-46-12-14-48-16-18-50-20-22-52-24-25-53-23-21-51-19-17-49-15-13-47-11-8-35-28(39)6-9-38-30(41)4-5-31(38)42/h4-5,26-27,32H,6-25H2,1-3H3,(H,35,39)(H,36,43)(H,37,40)(H,44,45)/t27-,32?/m0/s1. The summed E-state index contributed by atoms with van der Waals surface area (Å²) in [7, 11) is 0. The molecule has 0 spiro atoms. The number of nitrogens with one attached hydrogen (secondary N) is 3. The van der Waals surface area contributed by atoms with Crippen LogP contribution in [0.1, 0.15) is 33.6 Å². The van der Waals surface area contributed by atoms with Crippen molar-refractivity contribution in [2.75, 3.05) is 119 Å². The lowest BCUT2D eigenvalue weighted by atomic mass is 10.0. The molecular weight excluding hydrogens is 704 g/mol. The first-order chi connectivity index (χ1) is 25.5. The summed E-state index contributed by atoms with van der Waals surface area (Å²) < 4.78 is 43.4. The van der Waals surface area contributed by atoms with Crippen molar-refractivity contribution in [1.29, 1.82) is 0 Å². The molecule has 0 saturated heterocycles. The lowest BCUT2D eigenvalue weighted by molar-refractivity contribution is -0.142. The molecule has 0 bridgehead atoms. The Kier molecular flexibility index (Phi) is 27.6. The minimum atomic E-state index is -1.16. The lowest BCUT2D eigenvalue weighted by Gasteiger charge is -2.23. The van der Waals surface area contributed by atoms with E-state index in [1.165, 1.54) is 19.1 Å². The minimum Gasteiger partial charge on any atom is -0.480 e. The summed E-state index contributed by atoms with van der Waals surface area (Å²) in [5.74, 6) is -3.39. The van der Waals surface area contributed by atoms with Crippen molar-refractivity contribution in [3.63, 3.8) is 0 Å². The molecule has 0 aliphatic carbocycles. The molecule has 4 N–H and O–H groups in total. The van der Waals surface area contributed by atoms with Gasteiger partial charge in [-0.15, -0.1) is 0 Å². The summed E-state index contributed by atoms with van der Waals surface area (Å²) in [4.78, 5) is 71.1. The Bertz CT molecular complexity index is 1090. The summed E-state index contributed by atoms with van der Waals surface area (Å²) in [6.45, 7) is 11.2. The molecule has 2 atom stereocenters. The third-order valence-corrected chi connectivity index (χ3v) is 7.10. The smallest absolute Gasteiger partial charge is 0.325 e. The molecule has 53 heavy (non-hydrogen) atoms. The van der Waals surface area contributed by atoms with Gasteiger partial charge in [0.2, 0.25) is 17.7 Å². The second kappa shape index (κ2) is 30.9. The fourth-order valence-corrected chi connectivity index (χ4v) is 4.17. The lowest BCUT2D eigenvalue weighted by Crippen LogP contribution is -2.53. The number of rotatable bonds is 35. The van der Waals surface area contributed by atoms with Crippen LogP contribution in [0.2, 0.25) is 0 Å². The van der Waals surface area contributed by atoms with Crippen LogP contribution in [0.15, 0.2) is 12.2 Å². The van der Waals surface area contributed by atoms with Gasteiger partial charge >= 0.3 is 5.97 Å². The van der Waals surface area contributed by atoms with E-state index in [-0.39, 0.29) is 50.3 Å². The number of carboxylic acid groups (broad SMARTS) is 1. The maximum Gasteiger partial charge on any atom is 0.325 e. The molecule has 1 aliphatic heterocycles. The summed E-state index contributed by atoms with van der Waals surface area (Å²) in [6, 6.07) is -1.91. The van der Waals surface area contributed by atoms with Crippen LogP contribution >= 0.6 is 0 Å². The van der Waals surface area contributed by atoms with Crippen molar-refractivity contribution in [3.05, 3.63) is 12.2 Å². The predicted octanol–water partition coefficient (Wildman–Crippen LogP) is -1.33. The van der Waals surface area contributed by atoms with Gasteiger partial charge in [-0.3, -0.25) is 33.7 Å². The Morgan fingerprint density at radius 2 is 0.981 bits per heavy atom. The summed E-state index contributed by atoms with van der Waals surface area (Å²) in [5, 5.41) is 16.6. The summed E-state index contributed by atoms with van der Waals surface area (Å²) >= 11 is 0. The van der Waals surface area contributed by atoms with E-state index < -0.39 is 35.8 Å². The van der Waals surface area contributed by atoms with Gasteiger partial charge in [-0.05, 0) is 12.8 Å². The van der Waals surface area contributed by atoms with Crippen LogP contribution in [0.4, 0.5) is 0 Å². The molecule has 0 saturated carbocycles. The highest BCUT2D eigenvalue weighted by atomic mass is 16.6. The summed E-state index contributed by atoms with van der Waals surface area (Å²) in [6.07, 6.45) is 2.45. The average Bonchev–Trinajstić information content (AvgIpc) is 3.44. The zero-order valence-corrected chi connectivity index (χ0v) is 31.1. The van der Waals surface area contributed by atoms with E-state index in [1.807, 2.05) is 0 Å². The highest BCUT2D eigenvalue weighted by Crippen LogP contribution is 2.05. The molecule has 0 aromatic carbocycles. The molecule has 19 heteroatoms. The van der Waals surface area contributed by atoms with Crippen molar-refractivity contribution in [2.45, 2.75) is 45.7 Å². The number of amides is 5. The van der Waals surface area contributed by atoms with Crippen LogP contribution < -0.4 is 16.0 Å². The van der Waals surface area contributed by atoms with Gasteiger partial charge in [-0.25, -0.2) is 0 Å². The number of hydrogen-bond donors (Lipinski definition) is 4. The first kappa shape index (κ1) is 47.5. The van der Waals surface area contributed by atoms with Gasteiger partial charge in [-0.1, -0.05) is 13.8 Å². The van der Waals surface area contributed by atoms with E-state index in [2.05, 4.69) is 16.0 Å². The van der Waals surface area contributed by atoms with Crippen molar-refractivity contribution >= 4 is 35.5 Å². The van der Waals surface area contributed by atoms with Crippen LogP contribution in [0.25, 0.3) is 0 Å². The minimum absolute atomic E-state index is 0.0388. The molecule has 0 radical (unpaired) electrons. The number of imide groups is 1. The van der Waals surface area contributed by atoms with Crippen LogP contribution in [0, 0.1) is 5.92 Å². The molecule has 1 heterocycles. The average molecular weight is 763 g/mol. The Morgan fingerprint density at radius 3 is 1.38 bits per heavy atom. The number of carbonyl (C=O) groups excluding carboxylic acids is 5. The predicted molar refractivity (Wildman–Crippen MR) is 187 cm³/mol. The molecule has 0 aromatic heterocycles. The molecule has 1 rings (SSSR count). The Morgan fingerprint density at radius 1 is 0.585 bits per heavy atom. The third-order valence-electron chi connectivity index (χ3n) is 7.10. The van der Waals surface area contributed by atoms with E-state index in [0.717, 1.165) is 4.90 Å². The van der Waals surface area contributed by atoms with Gasteiger partial charge < -0.3 is 59.0 Å². The Balaban J connectivity index is 1.77. The van der Waals surface area contributed by atoms with E-state index in [1.54, 1.807) is 13.8 Å². The second-order valence-electron chi connectivity index (χ2n) is 11.8. The van der Waals surface area contributed by atoms with Crippen molar-refractivity contribution in [2.24, 2.45) is 5.92 Å². The highest BCUT2D eigenvalue weighted by molar-refractivity contribution is 6.13. The van der Waals surface area contributed by atoms with Gasteiger partial charge in [0.05, 0.1) is 106 Å². The molecule has 1 aliphatic rings. The topological polar surface area (TPSA) is 236 Å². The van der Waals surface area contributed by atoms with Gasteiger partial charge in [0.1, 0.15) is 12.1 Å². The fourth-order valence-electron chi connectivity index (χ4n) is 4.17. The molecular formula is C34H58N4O15. The maximum atomic E-state index is 12.3. The van der Waals surface area contributed by atoms with Crippen LogP contribution in [-0.4, -0.2) is 176 Å². The maximum absolute atomic E-state index is 12.3. The van der Waals surface area contributed by atoms with Crippen LogP contribution in [0.5, 0.6) is 0 Å². The van der Waals surface area contributed by atoms with Crippen molar-refractivity contribution < 1.29 is 71.8 Å². The largest absolute Gasteiger partial charge is 0.480 e. The Hall–Kier alpha value is -3.56. The van der Waals surface area contributed by atoms with E-state index in [0.29, 0.717) is 99.0 Å². The SMILES string of the molecule is CC(C)C(NC(=O)CCOCCOCCOCCOCCOCCOCCOCCOCCNC(=O)CCN1C(=O)C=CC1=O)C(=O)N[C@@H](C)C(=O)O. The summed E-state index contributed by atoms with van der Waals surface area (Å²) in [5.41, 5.74) is 0. The molecule has 0 aromatic rings. The zero-order chi connectivity index (χ0) is 39.1. The zero-order valence-electron chi connectivity index (χ0n) is 31.1. The highest BCUT2D eigenvalue weighted by Gasteiger charge is 2.27. The third kappa shape index (κ3) is 25.2. The van der Waals surface area contributed by atoms with Gasteiger partial charge in [0.25, 0.3) is 11.8 Å². The number of carbonyl (C=O) groups is 6. The fraction of sp³-hybridized carbons (Fsp3) is 0.765. The first-order valence-corrected chi connectivity index (χ1v) is 17.8. The monoisotopic (exact) mass is 762 g/mol. The van der Waals surface area contributed by atoms with E-state index in [4.69, 9.17) is 43.0 Å². The molecule has 19 nitrogen and oxygen atoms in total. The molecule has 304 valence electrons. The number of hydrogen-bond acceptors (Lipinski definition) is 14. The molecule has 1 unspecified atom stereocenters. The van der Waals surface area contributed by atoms with Crippen molar-refractivity contribution in [1.82, 2.24) is 20.9 Å². The van der Waals surface area contributed by atoms with Crippen LogP contribution in [-0.2, 0) is 66.7 Å². The number of ether oxygens (including phenoxy) is 8. The molecule has 0 fully saturated rings. The van der Waals surface area contributed by atoms with E-state index in [9.17, 15) is 28.8 Å². The van der Waals surface area contributed by atoms with Gasteiger partial charge in [0.15, 0.2) is 0 Å². The van der Waals surface area contributed by atoms with Crippen molar-refractivity contribution in [3.8, 4) is 0 Å². The number of nitrogens with zero attached hydrogens (tertiary/aromatic N) is 1.